The summed E-state index contributed by atoms with van der Waals surface area (Å²) < 4.78 is 11.9. The highest BCUT2D eigenvalue weighted by Gasteiger charge is 2.43. The van der Waals surface area contributed by atoms with Crippen LogP contribution in [0.5, 0.6) is 11.5 Å². The minimum atomic E-state index is -0.538. The summed E-state index contributed by atoms with van der Waals surface area (Å²) in [5.74, 6) is 1.29. The quantitative estimate of drug-likeness (QED) is 0.750. The molecule has 6 heteroatoms. The number of fused-ring (bicyclic) bond motifs is 1. The molecular weight excluding hydrogens is 390 g/mol. The normalized spacial score (nSPS) is 17.6. The van der Waals surface area contributed by atoms with Crippen LogP contribution >= 0.6 is 11.6 Å². The van der Waals surface area contributed by atoms with Crippen LogP contribution in [-0.2, 0) is 4.79 Å². The monoisotopic (exact) mass is 413 g/mol. The molecule has 2 aromatic carbocycles. The van der Waals surface area contributed by atoms with E-state index >= 15 is 0 Å². The third-order valence-electron chi connectivity index (χ3n) is 5.92. The second-order valence-electron chi connectivity index (χ2n) is 7.94. The first-order valence-electron chi connectivity index (χ1n) is 9.85. The fourth-order valence-electron chi connectivity index (χ4n) is 3.95. The number of carbonyl (C=O) groups excluding carboxylic acids is 2. The van der Waals surface area contributed by atoms with E-state index in [0.717, 1.165) is 5.56 Å². The van der Waals surface area contributed by atoms with Gasteiger partial charge >= 0.3 is 0 Å². The number of piperidine rings is 1. The van der Waals surface area contributed by atoms with Crippen LogP contribution in [0.4, 0.5) is 0 Å². The highest BCUT2D eigenvalue weighted by molar-refractivity contribution is 6.31. The number of ether oxygens (including phenoxy) is 2. The van der Waals surface area contributed by atoms with Crippen molar-refractivity contribution >= 4 is 23.3 Å². The molecule has 0 unspecified atom stereocenters. The Kier molecular flexibility index (Phi) is 5.26. The molecule has 1 amide bonds. The van der Waals surface area contributed by atoms with Crippen molar-refractivity contribution in [3.05, 3.63) is 58.1 Å². The van der Waals surface area contributed by atoms with E-state index in [9.17, 15) is 9.59 Å². The van der Waals surface area contributed by atoms with E-state index in [1.807, 2.05) is 32.0 Å². The maximum absolute atomic E-state index is 12.6. The molecule has 1 spiro atoms. The average molecular weight is 414 g/mol. The molecule has 2 aliphatic heterocycles. The van der Waals surface area contributed by atoms with Gasteiger partial charge in [0.05, 0.1) is 12.0 Å². The van der Waals surface area contributed by atoms with Gasteiger partial charge in [0.15, 0.2) is 12.4 Å². The van der Waals surface area contributed by atoms with Crippen molar-refractivity contribution < 1.29 is 19.1 Å². The number of amides is 1. The number of aryl methyl sites for hydroxylation is 2. The maximum atomic E-state index is 12.6. The summed E-state index contributed by atoms with van der Waals surface area (Å²) in [7, 11) is 0. The molecule has 152 valence electrons. The Labute approximate surface area is 175 Å². The zero-order valence-corrected chi connectivity index (χ0v) is 17.4. The summed E-state index contributed by atoms with van der Waals surface area (Å²) in [6.45, 7) is 5.16. The number of ketones is 1. The molecule has 1 saturated heterocycles. The largest absolute Gasteiger partial charge is 0.486 e. The molecule has 5 nitrogen and oxygen atoms in total. The van der Waals surface area contributed by atoms with Gasteiger partial charge in [0.2, 0.25) is 0 Å². The molecule has 0 saturated carbocycles. The number of hydrogen-bond donors (Lipinski definition) is 0. The van der Waals surface area contributed by atoms with Crippen LogP contribution < -0.4 is 9.47 Å². The lowest BCUT2D eigenvalue weighted by atomic mass is 9.82. The molecule has 0 radical (unpaired) electrons. The summed E-state index contributed by atoms with van der Waals surface area (Å²) in [6, 6.07) is 11.0. The van der Waals surface area contributed by atoms with E-state index in [0.29, 0.717) is 54.4 Å². The van der Waals surface area contributed by atoms with Crippen molar-refractivity contribution in [2.45, 2.75) is 38.7 Å². The lowest BCUT2D eigenvalue weighted by Gasteiger charge is -2.43. The first-order valence-corrected chi connectivity index (χ1v) is 10.2. The van der Waals surface area contributed by atoms with E-state index < -0.39 is 5.60 Å². The number of carbonyl (C=O) groups is 2. The van der Waals surface area contributed by atoms with Gasteiger partial charge in [-0.15, -0.1) is 0 Å². The fraction of sp³-hybridized carbons (Fsp3) is 0.391. The fourth-order valence-corrected chi connectivity index (χ4v) is 4.12. The van der Waals surface area contributed by atoms with Crippen molar-refractivity contribution in [2.75, 3.05) is 19.7 Å². The molecule has 0 aromatic heterocycles. The Morgan fingerprint density at radius 1 is 1.14 bits per heavy atom. The zero-order chi connectivity index (χ0) is 20.6. The predicted molar refractivity (Wildman–Crippen MR) is 111 cm³/mol. The van der Waals surface area contributed by atoms with Gasteiger partial charge in [0.1, 0.15) is 17.1 Å². The van der Waals surface area contributed by atoms with Crippen molar-refractivity contribution in [1.82, 2.24) is 4.90 Å². The van der Waals surface area contributed by atoms with Gasteiger partial charge in [0, 0.05) is 31.0 Å². The lowest BCUT2D eigenvalue weighted by molar-refractivity contribution is -0.136. The second-order valence-corrected chi connectivity index (χ2v) is 8.38. The third-order valence-corrected chi connectivity index (χ3v) is 6.15. The number of nitrogens with zero attached hydrogens (tertiary/aromatic N) is 1. The van der Waals surface area contributed by atoms with Gasteiger partial charge in [-0.25, -0.2) is 0 Å². The Bertz CT molecular complexity index is 963. The second kappa shape index (κ2) is 7.71. The Balaban J connectivity index is 1.35. The summed E-state index contributed by atoms with van der Waals surface area (Å²) >= 11 is 6.00. The standard InChI is InChI=1S/C23H24ClNO4/c1-15-3-5-18(11-16(15)2)28-14-22(27)25-9-7-23(8-10-25)13-20(26)19-12-17(24)4-6-21(19)29-23/h3-6,11-12H,7-10,13-14H2,1-2H3. The number of hydrogen-bond acceptors (Lipinski definition) is 4. The molecule has 2 heterocycles. The van der Waals surface area contributed by atoms with Crippen LogP contribution in [-0.4, -0.2) is 41.9 Å². The van der Waals surface area contributed by atoms with Gasteiger partial charge < -0.3 is 14.4 Å². The van der Waals surface area contributed by atoms with E-state index in [-0.39, 0.29) is 18.3 Å². The number of rotatable bonds is 3. The van der Waals surface area contributed by atoms with Gasteiger partial charge in [-0.2, -0.15) is 0 Å². The van der Waals surface area contributed by atoms with Gasteiger partial charge in [-0.3, -0.25) is 9.59 Å². The van der Waals surface area contributed by atoms with Crippen LogP contribution in [0.3, 0.4) is 0 Å². The minimum absolute atomic E-state index is 0.0105. The third kappa shape index (κ3) is 4.10. The molecule has 2 aromatic rings. The summed E-state index contributed by atoms with van der Waals surface area (Å²) in [5.41, 5.74) is 2.33. The smallest absolute Gasteiger partial charge is 0.260 e. The first kappa shape index (κ1) is 19.8. The number of likely N-dealkylation sites (tertiary alicyclic amines) is 1. The van der Waals surface area contributed by atoms with E-state index in [1.54, 1.807) is 23.1 Å². The summed E-state index contributed by atoms with van der Waals surface area (Å²) in [4.78, 5) is 27.0. The van der Waals surface area contributed by atoms with Gasteiger partial charge in [0.25, 0.3) is 5.91 Å². The Morgan fingerprint density at radius 2 is 1.90 bits per heavy atom. The Hall–Kier alpha value is -2.53. The highest BCUT2D eigenvalue weighted by Crippen LogP contribution is 2.40. The zero-order valence-electron chi connectivity index (χ0n) is 16.7. The van der Waals surface area contributed by atoms with E-state index in [2.05, 4.69) is 0 Å². The molecule has 29 heavy (non-hydrogen) atoms. The summed E-state index contributed by atoms with van der Waals surface area (Å²) in [6.07, 6.45) is 1.56. The van der Waals surface area contributed by atoms with Gasteiger partial charge in [-0.05, 0) is 55.3 Å². The van der Waals surface area contributed by atoms with Crippen molar-refractivity contribution in [2.24, 2.45) is 0 Å². The molecule has 0 N–H and O–H groups in total. The lowest BCUT2D eigenvalue weighted by Crippen LogP contribution is -2.53. The van der Waals surface area contributed by atoms with Crippen molar-refractivity contribution in [1.29, 1.82) is 0 Å². The molecule has 4 rings (SSSR count). The molecule has 2 aliphatic rings. The van der Waals surface area contributed by atoms with E-state index in [4.69, 9.17) is 21.1 Å². The minimum Gasteiger partial charge on any atom is -0.486 e. The molecule has 0 atom stereocenters. The number of halogens is 1. The van der Waals surface area contributed by atoms with Crippen molar-refractivity contribution in [3.63, 3.8) is 0 Å². The topological polar surface area (TPSA) is 55.8 Å². The molecule has 0 aliphatic carbocycles. The van der Waals surface area contributed by atoms with Crippen LogP contribution in [0.15, 0.2) is 36.4 Å². The highest BCUT2D eigenvalue weighted by atomic mass is 35.5. The molecule has 1 fully saturated rings. The maximum Gasteiger partial charge on any atom is 0.260 e. The number of Topliss-reactive ketones (excluding diaryl/α,β-unsaturated/α-hetero) is 1. The van der Waals surface area contributed by atoms with Crippen LogP contribution in [0.25, 0.3) is 0 Å². The Morgan fingerprint density at radius 3 is 2.62 bits per heavy atom. The van der Waals surface area contributed by atoms with Crippen LogP contribution in [0.2, 0.25) is 5.02 Å². The predicted octanol–water partition coefficient (Wildman–Crippen LogP) is 4.36. The van der Waals surface area contributed by atoms with Crippen molar-refractivity contribution in [3.8, 4) is 11.5 Å². The molecular formula is C23H24ClNO4. The molecule has 0 bridgehead atoms. The first-order chi connectivity index (χ1) is 13.8. The van der Waals surface area contributed by atoms with Crippen LogP contribution in [0, 0.1) is 13.8 Å². The average Bonchev–Trinajstić information content (AvgIpc) is 2.70. The van der Waals surface area contributed by atoms with Gasteiger partial charge in [-0.1, -0.05) is 17.7 Å². The SMILES string of the molecule is Cc1ccc(OCC(=O)N2CCC3(CC2)CC(=O)c2cc(Cl)ccc2O3)cc1C. The number of benzene rings is 2. The summed E-state index contributed by atoms with van der Waals surface area (Å²) in [5, 5.41) is 0.529. The van der Waals surface area contributed by atoms with E-state index in [1.165, 1.54) is 5.56 Å². The van der Waals surface area contributed by atoms with Crippen LogP contribution in [0.1, 0.15) is 40.7 Å².